The van der Waals surface area contributed by atoms with Gasteiger partial charge in [-0.15, -0.1) is 0 Å². The quantitative estimate of drug-likeness (QED) is 0.399. The zero-order valence-corrected chi connectivity index (χ0v) is 10.4. The van der Waals surface area contributed by atoms with Crippen molar-refractivity contribution in [2.75, 3.05) is 0 Å². The smallest absolute Gasteiger partial charge is 0.238 e. The van der Waals surface area contributed by atoms with Gasteiger partial charge in [-0.05, 0) is 6.42 Å². The molecule has 1 unspecified atom stereocenters. The summed E-state index contributed by atoms with van der Waals surface area (Å²) in [5.41, 5.74) is 8.94. The van der Waals surface area contributed by atoms with E-state index in [1.165, 1.54) is 0 Å². The summed E-state index contributed by atoms with van der Waals surface area (Å²) in [5, 5.41) is 5.24. The zero-order valence-electron chi connectivity index (χ0n) is 7.55. The molecule has 0 fully saturated rings. The second kappa shape index (κ2) is 10.3. The summed E-state index contributed by atoms with van der Waals surface area (Å²) in [4.78, 5) is 10.7. The summed E-state index contributed by atoms with van der Waals surface area (Å²) in [5.74, 6) is 0.557. The van der Waals surface area contributed by atoms with Crippen LogP contribution in [0.1, 0.15) is 33.6 Å². The van der Waals surface area contributed by atoms with E-state index < -0.39 is 0 Å². The minimum Gasteiger partial charge on any atom is -0.349 e. The third-order valence-electron chi connectivity index (χ3n) is 1.59. The van der Waals surface area contributed by atoms with Gasteiger partial charge in [0.1, 0.15) is 6.04 Å². The van der Waals surface area contributed by atoms with Gasteiger partial charge in [0, 0.05) is 52.5 Å². The minimum absolute atomic E-state index is 0. The van der Waals surface area contributed by atoms with Crippen molar-refractivity contribution >= 4 is 11.6 Å². The van der Waals surface area contributed by atoms with Crippen LogP contribution in [0.5, 0.6) is 0 Å². The SMILES string of the molecule is C.CC(=O)C([NH3+])CCCC(N)=[NH2+].[Y]. The fourth-order valence-electron chi connectivity index (χ4n) is 0.756. The average molecular weight is 264 g/mol. The zero-order chi connectivity index (χ0) is 8.85. The van der Waals surface area contributed by atoms with Crippen LogP contribution in [0.3, 0.4) is 0 Å². The Morgan fingerprint density at radius 2 is 2.08 bits per heavy atom. The molecule has 75 valence electrons. The van der Waals surface area contributed by atoms with Gasteiger partial charge < -0.3 is 5.73 Å². The van der Waals surface area contributed by atoms with Gasteiger partial charge in [0.25, 0.3) is 0 Å². The molecule has 0 amide bonds. The van der Waals surface area contributed by atoms with Crippen molar-refractivity contribution in [2.24, 2.45) is 5.73 Å². The average Bonchev–Trinajstić information content (AvgIpc) is 1.86. The number of hydrogen-bond donors (Lipinski definition) is 3. The number of carbonyl (C=O) groups is 1. The molecular formula is C8H21N3OY+2. The van der Waals surface area contributed by atoms with E-state index in [2.05, 4.69) is 5.73 Å². The summed E-state index contributed by atoms with van der Waals surface area (Å²) in [6.45, 7) is 1.55. The first-order valence-corrected chi connectivity index (χ1v) is 3.74. The van der Waals surface area contributed by atoms with Gasteiger partial charge in [-0.3, -0.25) is 15.9 Å². The predicted molar refractivity (Wildman–Crippen MR) is 49.1 cm³/mol. The molecule has 0 heterocycles. The molecule has 0 aromatic carbocycles. The van der Waals surface area contributed by atoms with Gasteiger partial charge in [-0.1, -0.05) is 7.43 Å². The third-order valence-corrected chi connectivity index (χ3v) is 1.59. The Bertz CT molecular complexity index is 161. The van der Waals surface area contributed by atoms with E-state index in [1.54, 1.807) is 6.92 Å². The maximum absolute atomic E-state index is 10.7. The molecule has 0 bridgehead atoms. The number of quaternary nitrogens is 1. The van der Waals surface area contributed by atoms with E-state index in [-0.39, 0.29) is 52.0 Å². The van der Waals surface area contributed by atoms with Crippen LogP contribution in [0, 0.1) is 0 Å². The Morgan fingerprint density at radius 1 is 1.62 bits per heavy atom. The van der Waals surface area contributed by atoms with Gasteiger partial charge in [0.05, 0.1) is 0 Å². The van der Waals surface area contributed by atoms with Crippen molar-refractivity contribution in [3.8, 4) is 0 Å². The second-order valence-corrected chi connectivity index (χ2v) is 2.77. The molecule has 7 N–H and O–H groups in total. The molecule has 0 saturated carbocycles. The Balaban J connectivity index is -0.000000500. The van der Waals surface area contributed by atoms with Crippen LogP contribution in [0.25, 0.3) is 0 Å². The van der Waals surface area contributed by atoms with Gasteiger partial charge >= 0.3 is 0 Å². The molecular weight excluding hydrogens is 243 g/mol. The molecule has 4 nitrogen and oxygen atoms in total. The third kappa shape index (κ3) is 12.2. The molecule has 0 spiro atoms. The molecule has 0 aliphatic heterocycles. The van der Waals surface area contributed by atoms with Crippen LogP contribution in [0.2, 0.25) is 0 Å². The second-order valence-electron chi connectivity index (χ2n) is 2.77. The number of nitrogens with two attached hydrogens (primary N) is 2. The Labute approximate surface area is 105 Å². The Morgan fingerprint density at radius 3 is 2.38 bits per heavy atom. The number of rotatable bonds is 5. The maximum atomic E-state index is 10.7. The number of carbonyl (C=O) groups excluding carboxylic acids is 1. The largest absolute Gasteiger partial charge is 0.349 e. The van der Waals surface area contributed by atoms with Gasteiger partial charge in [-0.25, -0.2) is 0 Å². The van der Waals surface area contributed by atoms with E-state index in [4.69, 9.17) is 11.1 Å². The van der Waals surface area contributed by atoms with Gasteiger partial charge in [0.15, 0.2) is 5.78 Å². The number of amidine groups is 1. The van der Waals surface area contributed by atoms with E-state index in [0.29, 0.717) is 12.3 Å². The van der Waals surface area contributed by atoms with Gasteiger partial charge in [-0.2, -0.15) is 0 Å². The Kier molecular flexibility index (Phi) is 14.9. The van der Waals surface area contributed by atoms with Crippen LogP contribution >= 0.6 is 0 Å². The monoisotopic (exact) mass is 264 g/mol. The molecule has 0 rings (SSSR count). The van der Waals surface area contributed by atoms with Crippen molar-refractivity contribution in [1.82, 2.24) is 0 Å². The molecule has 1 atom stereocenters. The van der Waals surface area contributed by atoms with Crippen LogP contribution in [-0.4, -0.2) is 17.7 Å². The molecule has 0 aromatic rings. The van der Waals surface area contributed by atoms with Crippen molar-refractivity contribution in [3.05, 3.63) is 0 Å². The molecule has 0 saturated heterocycles. The Hall–Kier alpha value is 0.204. The maximum Gasteiger partial charge on any atom is 0.238 e. The first-order chi connectivity index (χ1) is 5.04. The van der Waals surface area contributed by atoms with Crippen LogP contribution in [0.15, 0.2) is 0 Å². The van der Waals surface area contributed by atoms with Crippen molar-refractivity contribution in [1.29, 1.82) is 0 Å². The first kappa shape index (κ1) is 18.9. The predicted octanol–water partition coefficient (Wildman–Crippen LogP) is -1.89. The normalized spacial score (nSPS) is 10.6. The fourth-order valence-corrected chi connectivity index (χ4v) is 0.756. The van der Waals surface area contributed by atoms with Crippen molar-refractivity contribution in [3.63, 3.8) is 0 Å². The topological polar surface area (TPSA) is 96.3 Å². The summed E-state index contributed by atoms with van der Waals surface area (Å²) in [6, 6.07) is -0.102. The summed E-state index contributed by atoms with van der Waals surface area (Å²) in [7, 11) is 0. The number of ketones is 1. The van der Waals surface area contributed by atoms with Crippen molar-refractivity contribution in [2.45, 2.75) is 39.7 Å². The van der Waals surface area contributed by atoms with Crippen LogP contribution < -0.4 is 16.9 Å². The molecule has 0 aromatic heterocycles. The first-order valence-electron chi connectivity index (χ1n) is 3.74. The summed E-state index contributed by atoms with van der Waals surface area (Å²) in [6.07, 6.45) is 2.29. The standard InChI is InChI=1S/C7H15N3O.CH4.Y/c1-5(11)6(8)3-2-4-7(9)10;;/h6H,2-4,8H2,1H3,(H3,9,10);1H4;/p+2. The molecule has 0 aliphatic rings. The summed E-state index contributed by atoms with van der Waals surface area (Å²) >= 11 is 0. The molecule has 13 heavy (non-hydrogen) atoms. The van der Waals surface area contributed by atoms with E-state index in [1.807, 2.05) is 0 Å². The van der Waals surface area contributed by atoms with E-state index in [0.717, 1.165) is 12.8 Å². The number of hydrogen-bond acceptors (Lipinski definition) is 1. The van der Waals surface area contributed by atoms with Crippen LogP contribution in [-0.2, 0) is 37.5 Å². The molecule has 0 aliphatic carbocycles. The van der Waals surface area contributed by atoms with E-state index in [9.17, 15) is 4.79 Å². The van der Waals surface area contributed by atoms with Crippen molar-refractivity contribution < 1.29 is 48.6 Å². The summed E-state index contributed by atoms with van der Waals surface area (Å²) < 4.78 is 0. The van der Waals surface area contributed by atoms with E-state index >= 15 is 0 Å². The van der Waals surface area contributed by atoms with Crippen LogP contribution in [0.4, 0.5) is 0 Å². The molecule has 1 radical (unpaired) electrons. The van der Waals surface area contributed by atoms with Gasteiger partial charge in [0.2, 0.25) is 5.84 Å². The fraction of sp³-hybridized carbons (Fsp3) is 0.750. The minimum atomic E-state index is -0.102. The molecule has 5 heteroatoms. The number of Topliss-reactive ketones (excluding diaryl/α,β-unsaturated/α-hetero) is 1.